The Morgan fingerprint density at radius 3 is 2.50 bits per heavy atom. The minimum atomic E-state index is -0.452. The van der Waals surface area contributed by atoms with E-state index in [1.807, 2.05) is 30.3 Å². The van der Waals surface area contributed by atoms with Gasteiger partial charge in [0.05, 0.1) is 10.6 Å². The Balaban J connectivity index is 2.23. The minimum absolute atomic E-state index is 0.0327. The van der Waals surface area contributed by atoms with Gasteiger partial charge < -0.3 is 0 Å². The van der Waals surface area contributed by atoms with Gasteiger partial charge in [0.25, 0.3) is 5.69 Å². The molecule has 0 radical (unpaired) electrons. The lowest BCUT2D eigenvalue weighted by Crippen LogP contribution is -1.97. The van der Waals surface area contributed by atoms with Crippen molar-refractivity contribution in [3.8, 4) is 5.69 Å². The summed E-state index contributed by atoms with van der Waals surface area (Å²) in [4.78, 5) is 11.8. The summed E-state index contributed by atoms with van der Waals surface area (Å²) in [6.07, 6.45) is 0. The molecule has 0 amide bonds. The van der Waals surface area contributed by atoms with Gasteiger partial charge in [0, 0.05) is 6.07 Å². The number of para-hydroxylation sites is 1. The molecule has 0 saturated heterocycles. The Hall–Kier alpha value is -2.76. The second-order valence-electron chi connectivity index (χ2n) is 3.73. The van der Waals surface area contributed by atoms with Crippen LogP contribution in [0.2, 0.25) is 0 Å². The van der Waals surface area contributed by atoms with Gasteiger partial charge in [-0.3, -0.25) is 10.1 Å². The molecule has 0 unspecified atom stereocenters. The average molecular weight is 240 g/mol. The first-order chi connectivity index (χ1) is 8.75. The fourth-order valence-electron chi connectivity index (χ4n) is 1.75. The molecular weight excluding hydrogens is 232 g/mol. The highest BCUT2D eigenvalue weighted by molar-refractivity contribution is 5.83. The molecule has 0 aliphatic rings. The lowest BCUT2D eigenvalue weighted by Gasteiger charge is -1.96. The Bertz CT molecular complexity index is 721. The van der Waals surface area contributed by atoms with Crippen molar-refractivity contribution >= 4 is 16.7 Å². The van der Waals surface area contributed by atoms with Crippen LogP contribution in [-0.4, -0.2) is 19.9 Å². The number of fused-ring (bicyclic) bond motifs is 1. The molecular formula is C12H8N4O2. The number of benzene rings is 2. The zero-order valence-electron chi connectivity index (χ0n) is 9.22. The number of nitro groups is 1. The maximum absolute atomic E-state index is 10.9. The van der Waals surface area contributed by atoms with Gasteiger partial charge in [-0.1, -0.05) is 24.3 Å². The van der Waals surface area contributed by atoms with Crippen molar-refractivity contribution in [3.05, 3.63) is 58.6 Å². The molecule has 3 aromatic rings. The second kappa shape index (κ2) is 3.92. The number of non-ortho nitro benzene ring substituents is 1. The van der Waals surface area contributed by atoms with E-state index >= 15 is 0 Å². The molecule has 0 saturated carbocycles. The Labute approximate surface area is 102 Å². The summed E-state index contributed by atoms with van der Waals surface area (Å²) >= 11 is 0. The van der Waals surface area contributed by atoms with E-state index < -0.39 is 4.92 Å². The third-order valence-corrected chi connectivity index (χ3v) is 2.57. The van der Waals surface area contributed by atoms with Crippen LogP contribution in [0.25, 0.3) is 16.7 Å². The molecule has 2 aromatic carbocycles. The van der Waals surface area contributed by atoms with Crippen molar-refractivity contribution in [1.29, 1.82) is 0 Å². The first kappa shape index (κ1) is 10.4. The molecule has 0 N–H and O–H groups in total. The molecule has 88 valence electrons. The third kappa shape index (κ3) is 1.60. The Morgan fingerprint density at radius 1 is 1.00 bits per heavy atom. The molecule has 0 aliphatic carbocycles. The zero-order valence-corrected chi connectivity index (χ0v) is 9.22. The van der Waals surface area contributed by atoms with E-state index in [4.69, 9.17) is 0 Å². The molecule has 1 aromatic heterocycles. The maximum atomic E-state index is 10.9. The van der Waals surface area contributed by atoms with Gasteiger partial charge in [0.15, 0.2) is 5.52 Å². The van der Waals surface area contributed by atoms with E-state index in [0.29, 0.717) is 11.0 Å². The largest absolute Gasteiger partial charge is 0.299 e. The Kier molecular flexibility index (Phi) is 2.26. The highest BCUT2D eigenvalue weighted by Crippen LogP contribution is 2.22. The number of aromatic nitrogens is 3. The molecule has 0 aliphatic heterocycles. The standard InChI is InChI=1S/C12H8N4O2/c17-16(18)11-8-4-7-10-12(11)14-15(13-10)9-5-2-1-3-6-9/h1-8H. The lowest BCUT2D eigenvalue weighted by molar-refractivity contribution is -0.383. The van der Waals surface area contributed by atoms with Crippen molar-refractivity contribution in [1.82, 2.24) is 15.0 Å². The first-order valence-electron chi connectivity index (χ1n) is 5.31. The van der Waals surface area contributed by atoms with E-state index in [9.17, 15) is 10.1 Å². The monoisotopic (exact) mass is 240 g/mol. The summed E-state index contributed by atoms with van der Waals surface area (Å²) in [6.45, 7) is 0. The van der Waals surface area contributed by atoms with Crippen LogP contribution in [0.1, 0.15) is 0 Å². The van der Waals surface area contributed by atoms with Gasteiger partial charge in [0.1, 0.15) is 5.52 Å². The third-order valence-electron chi connectivity index (χ3n) is 2.57. The fraction of sp³-hybridized carbons (Fsp3) is 0. The molecule has 1 heterocycles. The van der Waals surface area contributed by atoms with Crippen LogP contribution in [0.5, 0.6) is 0 Å². The summed E-state index contributed by atoms with van der Waals surface area (Å²) in [5.41, 5.74) is 1.54. The van der Waals surface area contributed by atoms with E-state index in [2.05, 4.69) is 10.2 Å². The molecule has 0 spiro atoms. The van der Waals surface area contributed by atoms with Gasteiger partial charge in [-0.15, -0.1) is 10.2 Å². The van der Waals surface area contributed by atoms with Gasteiger partial charge >= 0.3 is 0 Å². The molecule has 0 atom stereocenters. The van der Waals surface area contributed by atoms with E-state index in [0.717, 1.165) is 5.69 Å². The number of nitrogens with zero attached hydrogens (tertiary/aromatic N) is 4. The lowest BCUT2D eigenvalue weighted by atomic mass is 10.3. The summed E-state index contributed by atoms with van der Waals surface area (Å²) in [6, 6.07) is 14.0. The minimum Gasteiger partial charge on any atom is -0.258 e. The van der Waals surface area contributed by atoms with Gasteiger partial charge in [-0.25, -0.2) is 0 Å². The predicted octanol–water partition coefficient (Wildman–Crippen LogP) is 2.33. The molecule has 6 heteroatoms. The highest BCUT2D eigenvalue weighted by atomic mass is 16.6. The van der Waals surface area contributed by atoms with Gasteiger partial charge in [-0.2, -0.15) is 4.80 Å². The van der Waals surface area contributed by atoms with Gasteiger partial charge in [0.2, 0.25) is 0 Å². The van der Waals surface area contributed by atoms with Crippen LogP contribution in [0.3, 0.4) is 0 Å². The normalized spacial score (nSPS) is 10.7. The van der Waals surface area contributed by atoms with E-state index in [1.54, 1.807) is 12.1 Å². The summed E-state index contributed by atoms with van der Waals surface area (Å²) in [5.74, 6) is 0. The van der Waals surface area contributed by atoms with Crippen LogP contribution in [0.15, 0.2) is 48.5 Å². The molecule has 0 fully saturated rings. The zero-order chi connectivity index (χ0) is 12.5. The first-order valence-corrected chi connectivity index (χ1v) is 5.31. The average Bonchev–Trinajstić information content (AvgIpc) is 2.83. The predicted molar refractivity (Wildman–Crippen MR) is 65.5 cm³/mol. The van der Waals surface area contributed by atoms with Crippen molar-refractivity contribution in [2.24, 2.45) is 0 Å². The fourth-order valence-corrected chi connectivity index (χ4v) is 1.75. The summed E-state index contributed by atoms with van der Waals surface area (Å²) in [7, 11) is 0. The quantitative estimate of drug-likeness (QED) is 0.509. The molecule has 18 heavy (non-hydrogen) atoms. The van der Waals surface area contributed by atoms with E-state index in [1.165, 1.54) is 10.9 Å². The summed E-state index contributed by atoms with van der Waals surface area (Å²) in [5, 5.41) is 19.3. The van der Waals surface area contributed by atoms with Crippen LogP contribution >= 0.6 is 0 Å². The number of nitro benzene ring substituents is 1. The molecule has 3 rings (SSSR count). The number of hydrogen-bond acceptors (Lipinski definition) is 4. The smallest absolute Gasteiger partial charge is 0.258 e. The Morgan fingerprint density at radius 2 is 1.78 bits per heavy atom. The molecule has 0 bridgehead atoms. The number of hydrogen-bond donors (Lipinski definition) is 0. The van der Waals surface area contributed by atoms with Crippen molar-refractivity contribution in [2.75, 3.05) is 0 Å². The second-order valence-corrected chi connectivity index (χ2v) is 3.73. The van der Waals surface area contributed by atoms with E-state index in [-0.39, 0.29) is 5.69 Å². The van der Waals surface area contributed by atoms with Crippen LogP contribution in [0.4, 0.5) is 5.69 Å². The maximum Gasteiger partial charge on any atom is 0.299 e. The van der Waals surface area contributed by atoms with Crippen LogP contribution < -0.4 is 0 Å². The van der Waals surface area contributed by atoms with Crippen LogP contribution in [-0.2, 0) is 0 Å². The highest BCUT2D eigenvalue weighted by Gasteiger charge is 2.16. The van der Waals surface area contributed by atoms with Crippen molar-refractivity contribution in [2.45, 2.75) is 0 Å². The SMILES string of the molecule is O=[N+]([O-])c1cccc2nn(-c3ccccc3)nc12. The topological polar surface area (TPSA) is 73.8 Å². The van der Waals surface area contributed by atoms with Crippen molar-refractivity contribution in [3.63, 3.8) is 0 Å². The number of rotatable bonds is 2. The molecule has 6 nitrogen and oxygen atoms in total. The van der Waals surface area contributed by atoms with Gasteiger partial charge in [-0.05, 0) is 18.2 Å². The van der Waals surface area contributed by atoms with Crippen molar-refractivity contribution < 1.29 is 4.92 Å². The summed E-state index contributed by atoms with van der Waals surface area (Å²) < 4.78 is 0. The van der Waals surface area contributed by atoms with Crippen LogP contribution in [0, 0.1) is 10.1 Å².